The highest BCUT2D eigenvalue weighted by Gasteiger charge is 2.10. The van der Waals surface area contributed by atoms with Gasteiger partial charge in [0.05, 0.1) is 25.3 Å². The average Bonchev–Trinajstić information content (AvgIpc) is 2.34. The van der Waals surface area contributed by atoms with E-state index in [9.17, 15) is 9.59 Å². The fourth-order valence-electron chi connectivity index (χ4n) is 1.68. The molecule has 1 aromatic carbocycles. The lowest BCUT2D eigenvalue weighted by Crippen LogP contribution is -2.34. The molecule has 0 aliphatic carbocycles. The molecule has 17 heavy (non-hydrogen) atoms. The van der Waals surface area contributed by atoms with Gasteiger partial charge in [-0.1, -0.05) is 0 Å². The quantitative estimate of drug-likeness (QED) is 0.758. The van der Waals surface area contributed by atoms with Crippen LogP contribution < -0.4 is 20.6 Å². The topological polar surface area (TPSA) is 73.3 Å². The summed E-state index contributed by atoms with van der Waals surface area (Å²) in [7, 11) is 4.54. The molecule has 6 nitrogen and oxygen atoms in total. The summed E-state index contributed by atoms with van der Waals surface area (Å²) in [4.78, 5) is 25.3. The van der Waals surface area contributed by atoms with Gasteiger partial charge in [-0.15, -0.1) is 0 Å². The third-order valence-electron chi connectivity index (χ3n) is 2.61. The SMILES string of the molecule is COc1cc2[nH]c(=O)c(=O)n(C)c2cc1OC. The molecule has 0 atom stereocenters. The summed E-state index contributed by atoms with van der Waals surface area (Å²) in [6.07, 6.45) is 0. The Balaban J connectivity index is 2.93. The molecule has 2 aromatic rings. The molecule has 0 saturated heterocycles. The predicted molar refractivity (Wildman–Crippen MR) is 62.9 cm³/mol. The molecule has 2 rings (SSSR count). The van der Waals surface area contributed by atoms with E-state index in [0.29, 0.717) is 22.5 Å². The van der Waals surface area contributed by atoms with E-state index in [0.717, 1.165) is 0 Å². The molecule has 0 bridgehead atoms. The zero-order valence-corrected chi connectivity index (χ0v) is 9.73. The molecule has 0 amide bonds. The molecular formula is C11H12N2O4. The van der Waals surface area contributed by atoms with Crippen molar-refractivity contribution in [3.8, 4) is 11.5 Å². The first-order chi connectivity index (χ1) is 8.08. The zero-order chi connectivity index (χ0) is 12.6. The van der Waals surface area contributed by atoms with Crippen molar-refractivity contribution in [2.24, 2.45) is 7.05 Å². The van der Waals surface area contributed by atoms with Crippen LogP contribution >= 0.6 is 0 Å². The van der Waals surface area contributed by atoms with E-state index in [1.54, 1.807) is 12.1 Å². The first-order valence-corrected chi connectivity index (χ1v) is 4.93. The van der Waals surface area contributed by atoms with Crippen LogP contribution in [0.3, 0.4) is 0 Å². The Morgan fingerprint density at radius 1 is 1.12 bits per heavy atom. The van der Waals surface area contributed by atoms with Crippen LogP contribution in [0, 0.1) is 0 Å². The molecule has 0 aliphatic rings. The van der Waals surface area contributed by atoms with Crippen LogP contribution in [-0.2, 0) is 7.05 Å². The minimum absolute atomic E-state index is 0.495. The van der Waals surface area contributed by atoms with Gasteiger partial charge in [0, 0.05) is 19.2 Å². The van der Waals surface area contributed by atoms with Gasteiger partial charge in [0.25, 0.3) is 0 Å². The van der Waals surface area contributed by atoms with Crippen molar-refractivity contribution in [1.29, 1.82) is 0 Å². The molecule has 0 unspecified atom stereocenters. The number of nitrogens with one attached hydrogen (secondary N) is 1. The molecule has 6 heteroatoms. The van der Waals surface area contributed by atoms with Gasteiger partial charge in [-0.2, -0.15) is 0 Å². The number of rotatable bonds is 2. The maximum absolute atomic E-state index is 11.5. The lowest BCUT2D eigenvalue weighted by atomic mass is 10.2. The molecule has 0 aliphatic heterocycles. The highest BCUT2D eigenvalue weighted by molar-refractivity contribution is 5.79. The van der Waals surface area contributed by atoms with Gasteiger partial charge in [-0.25, -0.2) is 0 Å². The predicted octanol–water partition coefficient (Wildman–Crippen LogP) is 0.244. The van der Waals surface area contributed by atoms with Crippen LogP contribution in [0.4, 0.5) is 0 Å². The lowest BCUT2D eigenvalue weighted by molar-refractivity contribution is 0.355. The number of methoxy groups -OCH3 is 2. The first-order valence-electron chi connectivity index (χ1n) is 4.93. The van der Waals surface area contributed by atoms with E-state index >= 15 is 0 Å². The van der Waals surface area contributed by atoms with E-state index in [1.165, 1.54) is 25.8 Å². The normalized spacial score (nSPS) is 10.5. The monoisotopic (exact) mass is 236 g/mol. The number of fused-ring (bicyclic) bond motifs is 1. The molecule has 90 valence electrons. The Labute approximate surface area is 96.4 Å². The highest BCUT2D eigenvalue weighted by atomic mass is 16.5. The Kier molecular flexibility index (Phi) is 2.63. The maximum atomic E-state index is 11.5. The molecule has 0 saturated carbocycles. The zero-order valence-electron chi connectivity index (χ0n) is 9.73. The van der Waals surface area contributed by atoms with Crippen LogP contribution in [0.2, 0.25) is 0 Å². The van der Waals surface area contributed by atoms with Gasteiger partial charge >= 0.3 is 11.1 Å². The van der Waals surface area contributed by atoms with Crippen LogP contribution in [0.15, 0.2) is 21.7 Å². The molecule has 1 N–H and O–H groups in total. The molecule has 1 heterocycles. The number of aromatic amines is 1. The third kappa shape index (κ3) is 1.67. The Morgan fingerprint density at radius 2 is 1.71 bits per heavy atom. The number of aromatic nitrogens is 2. The van der Waals surface area contributed by atoms with Crippen LogP contribution in [0.1, 0.15) is 0 Å². The largest absolute Gasteiger partial charge is 0.493 e. The van der Waals surface area contributed by atoms with E-state index in [4.69, 9.17) is 9.47 Å². The van der Waals surface area contributed by atoms with E-state index in [2.05, 4.69) is 4.98 Å². The number of H-pyrrole nitrogens is 1. The molecule has 0 fully saturated rings. The summed E-state index contributed by atoms with van der Waals surface area (Å²) < 4.78 is 11.5. The fourth-order valence-corrected chi connectivity index (χ4v) is 1.68. The lowest BCUT2D eigenvalue weighted by Gasteiger charge is -2.10. The van der Waals surface area contributed by atoms with Crippen molar-refractivity contribution in [1.82, 2.24) is 9.55 Å². The molecule has 0 radical (unpaired) electrons. The second-order valence-electron chi connectivity index (χ2n) is 3.54. The number of hydrogen-bond donors (Lipinski definition) is 1. The van der Waals surface area contributed by atoms with Crippen LogP contribution in [0.25, 0.3) is 11.0 Å². The van der Waals surface area contributed by atoms with Crippen LogP contribution in [0.5, 0.6) is 11.5 Å². The minimum atomic E-state index is -0.660. The third-order valence-corrected chi connectivity index (χ3v) is 2.61. The van der Waals surface area contributed by atoms with Crippen molar-refractivity contribution in [2.45, 2.75) is 0 Å². The van der Waals surface area contributed by atoms with Crippen LogP contribution in [-0.4, -0.2) is 23.8 Å². The summed E-state index contributed by atoms with van der Waals surface area (Å²) in [6, 6.07) is 3.26. The summed E-state index contributed by atoms with van der Waals surface area (Å²) in [5.74, 6) is 0.997. The summed E-state index contributed by atoms with van der Waals surface area (Å²) in [5, 5.41) is 0. The number of hydrogen-bond acceptors (Lipinski definition) is 4. The van der Waals surface area contributed by atoms with Crippen molar-refractivity contribution >= 4 is 11.0 Å². The summed E-state index contributed by atoms with van der Waals surface area (Å²) >= 11 is 0. The summed E-state index contributed by atoms with van der Waals surface area (Å²) in [5.41, 5.74) is -0.168. The second-order valence-corrected chi connectivity index (χ2v) is 3.54. The van der Waals surface area contributed by atoms with E-state index in [1.807, 2.05) is 0 Å². The Bertz CT molecular complexity index is 684. The standard InChI is InChI=1S/C11H12N2O4/c1-13-7-5-9(17-3)8(16-2)4-6(7)12-10(14)11(13)15/h4-5H,1-3H3,(H,12,14). The van der Waals surface area contributed by atoms with E-state index in [-0.39, 0.29) is 0 Å². The van der Waals surface area contributed by atoms with Gasteiger partial charge < -0.3 is 19.0 Å². The molecule has 1 aromatic heterocycles. The highest BCUT2D eigenvalue weighted by Crippen LogP contribution is 2.30. The number of ether oxygens (including phenoxy) is 2. The minimum Gasteiger partial charge on any atom is -0.493 e. The smallest absolute Gasteiger partial charge is 0.316 e. The van der Waals surface area contributed by atoms with Crippen molar-refractivity contribution in [3.63, 3.8) is 0 Å². The second kappa shape index (κ2) is 3.97. The first kappa shape index (κ1) is 11.3. The average molecular weight is 236 g/mol. The van der Waals surface area contributed by atoms with Crippen molar-refractivity contribution in [2.75, 3.05) is 14.2 Å². The van der Waals surface area contributed by atoms with Crippen molar-refractivity contribution < 1.29 is 9.47 Å². The molecule has 0 spiro atoms. The van der Waals surface area contributed by atoms with Gasteiger partial charge in [0.1, 0.15) is 0 Å². The number of benzene rings is 1. The maximum Gasteiger partial charge on any atom is 0.316 e. The fraction of sp³-hybridized carbons (Fsp3) is 0.273. The van der Waals surface area contributed by atoms with Gasteiger partial charge in [0.2, 0.25) is 0 Å². The summed E-state index contributed by atoms with van der Waals surface area (Å²) in [6.45, 7) is 0. The van der Waals surface area contributed by atoms with Gasteiger partial charge in [0.15, 0.2) is 11.5 Å². The molecular weight excluding hydrogens is 224 g/mol. The number of aryl methyl sites for hydroxylation is 1. The number of nitrogens with zero attached hydrogens (tertiary/aromatic N) is 1. The van der Waals surface area contributed by atoms with Gasteiger partial charge in [-0.05, 0) is 0 Å². The Morgan fingerprint density at radius 3 is 2.29 bits per heavy atom. The Hall–Kier alpha value is -2.24. The van der Waals surface area contributed by atoms with Gasteiger partial charge in [-0.3, -0.25) is 9.59 Å². The van der Waals surface area contributed by atoms with E-state index < -0.39 is 11.1 Å². The van der Waals surface area contributed by atoms with Crippen molar-refractivity contribution in [3.05, 3.63) is 32.8 Å².